The quantitative estimate of drug-likeness (QED) is 0.336. The fraction of sp³-hybridized carbons (Fsp3) is 0.500. The lowest BCUT2D eigenvalue weighted by Gasteiger charge is -2.28. The monoisotopic (exact) mass is 187 g/mol. The molecule has 0 bridgehead atoms. The number of hydrogen-bond donors (Lipinski definition) is 2. The van der Waals surface area contributed by atoms with Crippen molar-refractivity contribution in [3.05, 3.63) is 12.7 Å². The third-order valence-electron chi connectivity index (χ3n) is 1.78. The Morgan fingerprint density at radius 2 is 2.31 bits per heavy atom. The molecule has 2 atom stereocenters. The Morgan fingerprint density at radius 3 is 2.62 bits per heavy atom. The van der Waals surface area contributed by atoms with Crippen molar-refractivity contribution < 1.29 is 19.4 Å². The smallest absolute Gasteiger partial charge is 0.334 e. The van der Waals surface area contributed by atoms with Crippen LogP contribution in [0.15, 0.2) is 12.7 Å². The zero-order valence-electron chi connectivity index (χ0n) is 7.61. The van der Waals surface area contributed by atoms with E-state index < -0.39 is 17.6 Å². The highest BCUT2D eigenvalue weighted by atomic mass is 16.5. The molecule has 0 heterocycles. The topological polar surface area (TPSA) is 75.6 Å². The van der Waals surface area contributed by atoms with Gasteiger partial charge in [-0.1, -0.05) is 6.08 Å². The van der Waals surface area contributed by atoms with E-state index in [-0.39, 0.29) is 0 Å². The second-order valence-corrected chi connectivity index (χ2v) is 2.64. The number of amides is 1. The van der Waals surface area contributed by atoms with Gasteiger partial charge in [0, 0.05) is 0 Å². The van der Waals surface area contributed by atoms with Gasteiger partial charge in [0.05, 0.1) is 7.11 Å². The average Bonchev–Trinajstić information content (AvgIpc) is 2.15. The number of methoxy groups -OCH3 is 1. The summed E-state index contributed by atoms with van der Waals surface area (Å²) in [6.45, 7) is 4.66. The molecule has 0 aromatic carbocycles. The van der Waals surface area contributed by atoms with E-state index in [1.54, 1.807) is 0 Å². The van der Waals surface area contributed by atoms with Gasteiger partial charge in [0.1, 0.15) is 6.10 Å². The molecule has 0 aliphatic carbocycles. The van der Waals surface area contributed by atoms with Gasteiger partial charge in [-0.15, -0.1) is 6.58 Å². The third-order valence-corrected chi connectivity index (χ3v) is 1.78. The molecule has 0 saturated carbocycles. The molecule has 0 saturated heterocycles. The maximum atomic E-state index is 11.2. The molecular formula is C8H13NO4. The summed E-state index contributed by atoms with van der Waals surface area (Å²) in [7, 11) is 1.17. The highest BCUT2D eigenvalue weighted by Gasteiger charge is 2.40. The second-order valence-electron chi connectivity index (χ2n) is 2.64. The number of nitrogens with one attached hydrogen (secondary N) is 1. The highest BCUT2D eigenvalue weighted by molar-refractivity contribution is 5.83. The van der Waals surface area contributed by atoms with Crippen LogP contribution < -0.4 is 5.32 Å². The van der Waals surface area contributed by atoms with Crippen molar-refractivity contribution in [2.24, 2.45) is 0 Å². The SMILES string of the molecule is C=CC(O)C(C)(NC=O)C(=O)OC. The van der Waals surface area contributed by atoms with Gasteiger partial charge in [0.25, 0.3) is 0 Å². The molecule has 13 heavy (non-hydrogen) atoms. The minimum absolute atomic E-state index is 0.323. The summed E-state index contributed by atoms with van der Waals surface area (Å²) in [6, 6.07) is 0. The summed E-state index contributed by atoms with van der Waals surface area (Å²) in [5.41, 5.74) is -1.47. The lowest BCUT2D eigenvalue weighted by Crippen LogP contribution is -2.57. The molecule has 2 unspecified atom stereocenters. The Bertz CT molecular complexity index is 216. The normalized spacial score (nSPS) is 16.5. The molecule has 0 aromatic heterocycles. The van der Waals surface area contributed by atoms with Crippen molar-refractivity contribution in [3.63, 3.8) is 0 Å². The van der Waals surface area contributed by atoms with Crippen LogP contribution in [0.5, 0.6) is 0 Å². The Morgan fingerprint density at radius 1 is 1.77 bits per heavy atom. The van der Waals surface area contributed by atoms with E-state index in [0.29, 0.717) is 6.41 Å². The zero-order valence-corrected chi connectivity index (χ0v) is 7.61. The molecule has 0 aromatic rings. The van der Waals surface area contributed by atoms with Crippen LogP contribution in [0.25, 0.3) is 0 Å². The van der Waals surface area contributed by atoms with Crippen molar-refractivity contribution in [2.75, 3.05) is 7.11 Å². The summed E-state index contributed by atoms with van der Waals surface area (Å²) in [4.78, 5) is 21.4. The van der Waals surface area contributed by atoms with Crippen molar-refractivity contribution >= 4 is 12.4 Å². The van der Waals surface area contributed by atoms with Crippen LogP contribution in [0.1, 0.15) is 6.92 Å². The lowest BCUT2D eigenvalue weighted by atomic mass is 9.95. The maximum Gasteiger partial charge on any atom is 0.334 e. The number of rotatable bonds is 5. The number of aliphatic hydroxyl groups is 1. The van der Waals surface area contributed by atoms with E-state index in [4.69, 9.17) is 0 Å². The molecule has 74 valence electrons. The predicted octanol–water partition coefficient (Wildman–Crippen LogP) is -0.789. The Kier molecular flexibility index (Phi) is 4.13. The van der Waals surface area contributed by atoms with Crippen LogP contribution >= 0.6 is 0 Å². The lowest BCUT2D eigenvalue weighted by molar-refractivity contribution is -0.152. The highest BCUT2D eigenvalue weighted by Crippen LogP contribution is 2.12. The molecule has 0 aliphatic rings. The second kappa shape index (κ2) is 4.61. The van der Waals surface area contributed by atoms with Crippen LogP contribution in [0.4, 0.5) is 0 Å². The van der Waals surface area contributed by atoms with E-state index in [0.717, 1.165) is 6.08 Å². The van der Waals surface area contributed by atoms with Gasteiger partial charge >= 0.3 is 5.97 Å². The van der Waals surface area contributed by atoms with E-state index in [1.807, 2.05) is 0 Å². The molecule has 0 radical (unpaired) electrons. The summed E-state index contributed by atoms with van der Waals surface area (Å²) in [6.07, 6.45) is 0.280. The first-order chi connectivity index (χ1) is 6.02. The first-order valence-corrected chi connectivity index (χ1v) is 3.63. The third kappa shape index (κ3) is 2.29. The minimum atomic E-state index is -1.47. The van der Waals surface area contributed by atoms with Crippen molar-refractivity contribution in [3.8, 4) is 0 Å². The Balaban J connectivity index is 4.80. The molecule has 0 spiro atoms. The zero-order chi connectivity index (χ0) is 10.5. The number of carbonyl (C=O) groups is 2. The first-order valence-electron chi connectivity index (χ1n) is 3.63. The molecular weight excluding hydrogens is 174 g/mol. The Hall–Kier alpha value is -1.36. The molecule has 2 N–H and O–H groups in total. The van der Waals surface area contributed by atoms with E-state index >= 15 is 0 Å². The van der Waals surface area contributed by atoms with Crippen LogP contribution in [0.2, 0.25) is 0 Å². The summed E-state index contributed by atoms with van der Waals surface area (Å²) in [5, 5.41) is 11.6. The fourth-order valence-electron chi connectivity index (χ4n) is 0.835. The standard InChI is InChI=1S/C8H13NO4/c1-4-6(11)8(2,9-5-10)7(12)13-3/h4-6,11H,1H2,2-3H3,(H,9,10). The largest absolute Gasteiger partial charge is 0.467 e. The first kappa shape index (κ1) is 11.6. The fourth-order valence-corrected chi connectivity index (χ4v) is 0.835. The molecule has 0 fully saturated rings. The minimum Gasteiger partial charge on any atom is -0.467 e. The van der Waals surface area contributed by atoms with Crippen LogP contribution in [-0.2, 0) is 14.3 Å². The number of carbonyl (C=O) groups excluding carboxylic acids is 2. The van der Waals surface area contributed by atoms with Gasteiger partial charge in [0.2, 0.25) is 6.41 Å². The summed E-state index contributed by atoms with van der Waals surface area (Å²) in [5.74, 6) is -0.730. The summed E-state index contributed by atoms with van der Waals surface area (Å²) < 4.78 is 4.42. The van der Waals surface area contributed by atoms with E-state index in [9.17, 15) is 14.7 Å². The average molecular weight is 187 g/mol. The van der Waals surface area contributed by atoms with Gasteiger partial charge < -0.3 is 15.2 Å². The van der Waals surface area contributed by atoms with Crippen LogP contribution in [0.3, 0.4) is 0 Å². The molecule has 1 amide bonds. The van der Waals surface area contributed by atoms with Gasteiger partial charge in [-0.3, -0.25) is 4.79 Å². The van der Waals surface area contributed by atoms with Crippen molar-refractivity contribution in [1.29, 1.82) is 0 Å². The Labute approximate surface area is 76.4 Å². The van der Waals surface area contributed by atoms with Crippen molar-refractivity contribution in [2.45, 2.75) is 18.6 Å². The molecule has 5 nitrogen and oxygen atoms in total. The van der Waals surface area contributed by atoms with Gasteiger partial charge in [-0.05, 0) is 6.92 Å². The van der Waals surface area contributed by atoms with Crippen molar-refractivity contribution in [1.82, 2.24) is 5.32 Å². The maximum absolute atomic E-state index is 11.2. The van der Waals surface area contributed by atoms with Crippen LogP contribution in [0, 0.1) is 0 Å². The van der Waals surface area contributed by atoms with Gasteiger partial charge in [-0.25, -0.2) is 4.79 Å². The van der Waals surface area contributed by atoms with Gasteiger partial charge in [0.15, 0.2) is 5.54 Å². The number of hydrogen-bond acceptors (Lipinski definition) is 4. The molecule has 0 rings (SSSR count). The molecule has 0 aliphatic heterocycles. The number of esters is 1. The van der Waals surface area contributed by atoms with E-state index in [2.05, 4.69) is 16.6 Å². The van der Waals surface area contributed by atoms with Crippen LogP contribution in [-0.4, -0.2) is 36.2 Å². The molecule has 5 heteroatoms. The van der Waals surface area contributed by atoms with E-state index in [1.165, 1.54) is 14.0 Å². The van der Waals surface area contributed by atoms with Gasteiger partial charge in [-0.2, -0.15) is 0 Å². The number of ether oxygens (including phenoxy) is 1. The predicted molar refractivity (Wildman–Crippen MR) is 45.8 cm³/mol. The number of aliphatic hydroxyl groups excluding tert-OH is 1. The summed E-state index contributed by atoms with van der Waals surface area (Å²) >= 11 is 0.